The van der Waals surface area contributed by atoms with Gasteiger partial charge in [0.2, 0.25) is 0 Å². The first-order chi connectivity index (χ1) is 7.24. The Morgan fingerprint density at radius 2 is 2.27 bits per heavy atom. The summed E-state index contributed by atoms with van der Waals surface area (Å²) in [7, 11) is 0. The number of non-ortho nitro benzene ring substituents is 1. The second kappa shape index (κ2) is 6.01. The van der Waals surface area contributed by atoms with Crippen LogP contribution in [0.5, 0.6) is 5.75 Å². The predicted molar refractivity (Wildman–Crippen MR) is 57.0 cm³/mol. The second-order valence-electron chi connectivity index (χ2n) is 3.21. The highest BCUT2D eigenvalue weighted by Crippen LogP contribution is 2.18. The van der Waals surface area contributed by atoms with Gasteiger partial charge in [0.05, 0.1) is 11.5 Å². The molecule has 0 aliphatic rings. The lowest BCUT2D eigenvalue weighted by atomic mass is 10.2. The maximum Gasteiger partial charge on any atom is 0.281 e. The number of ether oxygens (including phenoxy) is 1. The molecule has 0 saturated carbocycles. The Morgan fingerprint density at radius 3 is 2.93 bits per heavy atom. The molecule has 0 heterocycles. The van der Waals surface area contributed by atoms with Crippen LogP contribution in [0, 0.1) is 16.2 Å². The molecule has 1 aromatic rings. The first-order valence-electron chi connectivity index (χ1n) is 5.03. The minimum absolute atomic E-state index is 0.0528. The van der Waals surface area contributed by atoms with Crippen molar-refractivity contribution in [2.75, 3.05) is 6.61 Å². The lowest BCUT2D eigenvalue weighted by Gasteiger charge is -2.04. The molecule has 15 heavy (non-hydrogen) atoms. The fraction of sp³-hybridized carbons (Fsp3) is 0.455. The van der Waals surface area contributed by atoms with Crippen LogP contribution in [0.25, 0.3) is 0 Å². The molecular formula is C11H14NO3. The van der Waals surface area contributed by atoms with Gasteiger partial charge in [0.25, 0.3) is 5.69 Å². The van der Waals surface area contributed by atoms with Gasteiger partial charge in [-0.15, -0.1) is 0 Å². The maximum atomic E-state index is 10.4. The third-order valence-electron chi connectivity index (χ3n) is 1.96. The molecule has 1 aromatic carbocycles. The lowest BCUT2D eigenvalue weighted by Crippen LogP contribution is -1.97. The van der Waals surface area contributed by atoms with E-state index in [4.69, 9.17) is 4.74 Å². The number of nitro groups is 1. The molecule has 0 atom stereocenters. The summed E-state index contributed by atoms with van der Waals surface area (Å²) in [6, 6.07) is 7.28. The Bertz CT molecular complexity index is 325. The number of nitrogens with zero attached hydrogens (tertiary/aromatic N) is 1. The fourth-order valence-electron chi connectivity index (χ4n) is 1.16. The van der Waals surface area contributed by atoms with Gasteiger partial charge < -0.3 is 4.74 Å². The van der Waals surface area contributed by atoms with E-state index < -0.39 is 4.92 Å². The minimum atomic E-state index is -0.473. The first-order valence-corrected chi connectivity index (χ1v) is 5.03. The van der Waals surface area contributed by atoms with Crippen LogP contribution < -0.4 is 4.74 Å². The van der Waals surface area contributed by atoms with Crippen molar-refractivity contribution in [1.29, 1.82) is 0 Å². The van der Waals surface area contributed by atoms with Crippen LogP contribution in [-0.4, -0.2) is 11.5 Å². The van der Waals surface area contributed by atoms with Crippen LogP contribution in [0.2, 0.25) is 0 Å². The molecule has 4 nitrogen and oxygen atoms in total. The SMILES string of the molecule is CCCCCOc1[c]c([N+](=O)[O-])ccc1. The summed E-state index contributed by atoms with van der Waals surface area (Å²) in [6.45, 7) is 2.70. The summed E-state index contributed by atoms with van der Waals surface area (Å²) in [5, 5.41) is 10.4. The second-order valence-corrected chi connectivity index (χ2v) is 3.21. The van der Waals surface area contributed by atoms with Gasteiger partial charge in [-0.25, -0.2) is 0 Å². The first kappa shape index (κ1) is 11.5. The van der Waals surface area contributed by atoms with Gasteiger partial charge in [-0.2, -0.15) is 0 Å². The van der Waals surface area contributed by atoms with E-state index in [2.05, 4.69) is 13.0 Å². The number of benzene rings is 1. The van der Waals surface area contributed by atoms with Crippen molar-refractivity contribution in [3.8, 4) is 5.75 Å². The van der Waals surface area contributed by atoms with E-state index in [1.54, 1.807) is 12.1 Å². The van der Waals surface area contributed by atoms with E-state index in [1.165, 1.54) is 6.07 Å². The van der Waals surface area contributed by atoms with E-state index in [9.17, 15) is 10.1 Å². The van der Waals surface area contributed by atoms with E-state index in [0.29, 0.717) is 12.4 Å². The zero-order valence-corrected chi connectivity index (χ0v) is 8.73. The zero-order chi connectivity index (χ0) is 11.1. The van der Waals surface area contributed by atoms with E-state index in [-0.39, 0.29) is 5.69 Å². The van der Waals surface area contributed by atoms with Crippen LogP contribution in [-0.2, 0) is 0 Å². The Labute approximate surface area is 89.0 Å². The summed E-state index contributed by atoms with van der Waals surface area (Å²) in [5.74, 6) is 0.445. The summed E-state index contributed by atoms with van der Waals surface area (Å²) in [5.41, 5.74) is -0.0528. The van der Waals surface area contributed by atoms with Crippen molar-refractivity contribution in [3.05, 3.63) is 34.4 Å². The maximum absolute atomic E-state index is 10.4. The third kappa shape index (κ3) is 3.97. The molecule has 0 aromatic heterocycles. The Balaban J connectivity index is 2.47. The Morgan fingerprint density at radius 1 is 1.47 bits per heavy atom. The van der Waals surface area contributed by atoms with E-state index in [0.717, 1.165) is 19.3 Å². The lowest BCUT2D eigenvalue weighted by molar-refractivity contribution is -0.385. The standard InChI is InChI=1S/C11H14NO3/c1-2-3-4-8-15-11-7-5-6-10(9-11)12(13)14/h5-7H,2-4,8H2,1H3. The molecule has 0 bridgehead atoms. The summed E-state index contributed by atoms with van der Waals surface area (Å²) in [4.78, 5) is 9.97. The molecule has 0 aliphatic heterocycles. The smallest absolute Gasteiger partial charge is 0.281 e. The molecule has 4 heteroatoms. The highest BCUT2D eigenvalue weighted by molar-refractivity contribution is 5.36. The summed E-state index contributed by atoms with van der Waals surface area (Å²) < 4.78 is 5.34. The molecule has 0 aliphatic carbocycles. The van der Waals surface area contributed by atoms with Crippen molar-refractivity contribution in [2.45, 2.75) is 26.2 Å². The molecule has 1 rings (SSSR count). The monoisotopic (exact) mass is 208 g/mol. The van der Waals surface area contributed by atoms with E-state index >= 15 is 0 Å². The number of hydrogen-bond donors (Lipinski definition) is 0. The molecule has 0 amide bonds. The predicted octanol–water partition coefficient (Wildman–Crippen LogP) is 2.96. The molecular weight excluding hydrogens is 194 g/mol. The van der Waals surface area contributed by atoms with Gasteiger partial charge in [-0.1, -0.05) is 25.8 Å². The minimum Gasteiger partial charge on any atom is -0.493 e. The van der Waals surface area contributed by atoms with Crippen LogP contribution in [0.4, 0.5) is 5.69 Å². The van der Waals surface area contributed by atoms with Crippen molar-refractivity contribution in [2.24, 2.45) is 0 Å². The summed E-state index contributed by atoms with van der Waals surface area (Å²) in [6.07, 6.45) is 3.20. The quantitative estimate of drug-likeness (QED) is 0.410. The van der Waals surface area contributed by atoms with Crippen molar-refractivity contribution in [1.82, 2.24) is 0 Å². The van der Waals surface area contributed by atoms with Gasteiger partial charge in [-0.05, 0) is 12.5 Å². The average molecular weight is 208 g/mol. The van der Waals surface area contributed by atoms with Gasteiger partial charge in [0.1, 0.15) is 11.8 Å². The van der Waals surface area contributed by atoms with Gasteiger partial charge in [-0.3, -0.25) is 10.1 Å². The fourth-order valence-corrected chi connectivity index (χ4v) is 1.16. The van der Waals surface area contributed by atoms with Crippen molar-refractivity contribution < 1.29 is 9.66 Å². The highest BCUT2D eigenvalue weighted by atomic mass is 16.6. The molecule has 1 radical (unpaired) electrons. The largest absolute Gasteiger partial charge is 0.493 e. The van der Waals surface area contributed by atoms with Crippen LogP contribution in [0.15, 0.2) is 18.2 Å². The number of nitro benzene ring substituents is 1. The van der Waals surface area contributed by atoms with Crippen molar-refractivity contribution >= 4 is 5.69 Å². The highest BCUT2D eigenvalue weighted by Gasteiger charge is 2.06. The summed E-state index contributed by atoms with van der Waals surface area (Å²) >= 11 is 0. The Kier molecular flexibility index (Phi) is 4.60. The number of rotatable bonds is 6. The molecule has 81 valence electrons. The molecule has 0 fully saturated rings. The zero-order valence-electron chi connectivity index (χ0n) is 8.73. The molecule has 0 unspecified atom stereocenters. The van der Waals surface area contributed by atoms with E-state index in [1.807, 2.05) is 0 Å². The topological polar surface area (TPSA) is 52.4 Å². The van der Waals surface area contributed by atoms with Gasteiger partial charge in [0, 0.05) is 6.07 Å². The normalized spacial score (nSPS) is 9.93. The third-order valence-corrected chi connectivity index (χ3v) is 1.96. The van der Waals surface area contributed by atoms with Crippen LogP contribution >= 0.6 is 0 Å². The van der Waals surface area contributed by atoms with Crippen LogP contribution in [0.3, 0.4) is 0 Å². The van der Waals surface area contributed by atoms with Gasteiger partial charge >= 0.3 is 0 Å². The van der Waals surface area contributed by atoms with Gasteiger partial charge in [0.15, 0.2) is 0 Å². The number of unbranched alkanes of at least 4 members (excludes halogenated alkanes) is 2. The molecule has 0 saturated heterocycles. The molecule has 0 N–H and O–H groups in total. The van der Waals surface area contributed by atoms with Crippen LogP contribution in [0.1, 0.15) is 26.2 Å². The Hall–Kier alpha value is -1.58. The number of hydrogen-bond acceptors (Lipinski definition) is 3. The van der Waals surface area contributed by atoms with Crippen molar-refractivity contribution in [3.63, 3.8) is 0 Å². The molecule has 0 spiro atoms. The average Bonchev–Trinajstić information content (AvgIpc) is 2.25.